The molecule has 14 heteroatoms. The summed E-state index contributed by atoms with van der Waals surface area (Å²) in [6.45, 7) is 14.1. The highest BCUT2D eigenvalue weighted by atomic mass is 32.2. The molecule has 1 aromatic carbocycles. The van der Waals surface area contributed by atoms with Gasteiger partial charge in [0.25, 0.3) is 0 Å². The first-order valence-electron chi connectivity index (χ1n) is 22.6. The lowest BCUT2D eigenvalue weighted by molar-refractivity contribution is -0.145. The molecule has 2 aromatic heterocycles. The molecule has 1 saturated heterocycles. The first-order chi connectivity index (χ1) is 29.7. The van der Waals surface area contributed by atoms with E-state index in [4.69, 9.17) is 19.2 Å². The zero-order valence-electron chi connectivity index (χ0n) is 38.0. The van der Waals surface area contributed by atoms with E-state index in [0.29, 0.717) is 60.7 Å². The number of hydrogen-bond acceptors (Lipinski definition) is 11. The number of hydrogen-bond donors (Lipinski definition) is 1. The fourth-order valence-electron chi connectivity index (χ4n) is 9.46. The molecule has 2 aliphatic heterocycles. The lowest BCUT2D eigenvalue weighted by Gasteiger charge is -2.32. The van der Waals surface area contributed by atoms with Crippen LogP contribution in [0.1, 0.15) is 113 Å². The quantitative estimate of drug-likeness (QED) is 0.175. The lowest BCUT2D eigenvalue weighted by atomic mass is 9.79. The average Bonchev–Trinajstić information content (AvgIpc) is 4.14. The highest BCUT2D eigenvalue weighted by Gasteiger charge is 2.61. The minimum atomic E-state index is -3.88. The number of nitrogens with one attached hydrogen (secondary N) is 1. The van der Waals surface area contributed by atoms with Crippen molar-refractivity contribution in [2.75, 3.05) is 13.7 Å². The molecule has 13 nitrogen and oxygen atoms in total. The Morgan fingerprint density at radius 3 is 2.46 bits per heavy atom. The van der Waals surface area contributed by atoms with Crippen LogP contribution in [0.5, 0.6) is 17.5 Å². The second-order valence-electron chi connectivity index (χ2n) is 20.1. The van der Waals surface area contributed by atoms with Crippen LogP contribution in [0.4, 0.5) is 0 Å². The number of fused-ring (bicyclic) bond motifs is 3. The molecule has 63 heavy (non-hydrogen) atoms. The van der Waals surface area contributed by atoms with Crippen LogP contribution in [0.3, 0.4) is 0 Å². The van der Waals surface area contributed by atoms with Gasteiger partial charge in [-0.25, -0.2) is 18.4 Å². The SMILES string of the molecule is COc1ccc2c(O[C@@H]3C[C@H]4C(=O)C[C@]5(C(=O)NS(=O)(=O)C6CC6)C[C@H]5/C=C\CC[C@H](C)C[C@@H](C)[C@H](CC(=O)CC(C)(C)C)C(=O)N4C3)nc(-c3ccc(OC(C)C)nc3)cc2c1. The highest BCUT2D eigenvalue weighted by molar-refractivity contribution is 7.90. The van der Waals surface area contributed by atoms with E-state index in [9.17, 15) is 22.8 Å². The van der Waals surface area contributed by atoms with Crippen LogP contribution in [-0.2, 0) is 29.2 Å². The minimum absolute atomic E-state index is 0.00871. The van der Waals surface area contributed by atoms with Gasteiger partial charge in [0.1, 0.15) is 17.6 Å². The second kappa shape index (κ2) is 18.3. The number of carbonyl (C=O) groups is 4. The summed E-state index contributed by atoms with van der Waals surface area (Å²) < 4.78 is 46.6. The molecule has 4 aliphatic rings. The number of nitrogens with zero attached hydrogens (tertiary/aromatic N) is 3. The Bertz CT molecular complexity index is 2350. The number of allylic oxidation sites excluding steroid dienone is 2. The number of rotatable bonds is 12. The Morgan fingerprint density at radius 2 is 1.79 bits per heavy atom. The topological polar surface area (TPSA) is 171 Å². The van der Waals surface area contributed by atoms with Gasteiger partial charge < -0.3 is 19.1 Å². The number of benzene rings is 1. The van der Waals surface area contributed by atoms with Gasteiger partial charge in [0, 0.05) is 54.8 Å². The van der Waals surface area contributed by atoms with Crippen molar-refractivity contribution < 1.29 is 41.8 Å². The number of pyridine rings is 2. The normalized spacial score (nSPS) is 27.5. The molecular formula is C49H64N4O9S. The molecule has 340 valence electrons. The summed E-state index contributed by atoms with van der Waals surface area (Å²) >= 11 is 0. The summed E-state index contributed by atoms with van der Waals surface area (Å²) in [5, 5.41) is 0.881. The number of amides is 2. The van der Waals surface area contributed by atoms with Crippen molar-refractivity contribution in [1.82, 2.24) is 19.6 Å². The number of aromatic nitrogens is 2. The zero-order chi connectivity index (χ0) is 45.4. The smallest absolute Gasteiger partial charge is 0.240 e. The second-order valence-corrected chi connectivity index (χ2v) is 22.1. The van der Waals surface area contributed by atoms with Crippen molar-refractivity contribution in [3.63, 3.8) is 0 Å². The van der Waals surface area contributed by atoms with Crippen LogP contribution in [-0.4, -0.2) is 83.8 Å². The summed E-state index contributed by atoms with van der Waals surface area (Å²) in [5.41, 5.74) is -0.238. The van der Waals surface area contributed by atoms with Gasteiger partial charge in [-0.2, -0.15) is 0 Å². The third-order valence-electron chi connectivity index (χ3n) is 13.0. The van der Waals surface area contributed by atoms with E-state index in [-0.39, 0.29) is 72.6 Å². The van der Waals surface area contributed by atoms with Gasteiger partial charge in [-0.05, 0) is 111 Å². The van der Waals surface area contributed by atoms with Gasteiger partial charge in [-0.1, -0.05) is 46.8 Å². The van der Waals surface area contributed by atoms with Crippen LogP contribution in [0.15, 0.2) is 54.7 Å². The summed E-state index contributed by atoms with van der Waals surface area (Å²) in [6.07, 6.45) is 8.75. The number of Topliss-reactive ketones (excluding diaryl/α,β-unsaturated/α-hetero) is 2. The fraction of sp³-hybridized carbons (Fsp3) is 0.592. The number of ether oxygens (including phenoxy) is 3. The van der Waals surface area contributed by atoms with Crippen molar-refractivity contribution in [1.29, 1.82) is 0 Å². The van der Waals surface area contributed by atoms with Crippen molar-refractivity contribution in [2.24, 2.45) is 34.5 Å². The monoisotopic (exact) mass is 884 g/mol. The average molecular weight is 885 g/mol. The molecule has 4 heterocycles. The lowest BCUT2D eigenvalue weighted by Crippen LogP contribution is -2.47. The Balaban J connectivity index is 1.25. The van der Waals surface area contributed by atoms with Crippen LogP contribution < -0.4 is 18.9 Å². The Hall–Kier alpha value is -4.85. The molecule has 0 unspecified atom stereocenters. The van der Waals surface area contributed by atoms with Gasteiger partial charge >= 0.3 is 0 Å². The Kier molecular flexibility index (Phi) is 13.4. The molecule has 7 rings (SSSR count). The third-order valence-corrected chi connectivity index (χ3v) is 14.8. The molecule has 2 amide bonds. The van der Waals surface area contributed by atoms with Crippen LogP contribution in [0.2, 0.25) is 0 Å². The van der Waals surface area contributed by atoms with E-state index < -0.39 is 44.7 Å². The molecule has 2 aliphatic carbocycles. The first-order valence-corrected chi connectivity index (χ1v) is 24.2. The number of methoxy groups -OCH3 is 1. The van der Waals surface area contributed by atoms with Gasteiger partial charge in [0.15, 0.2) is 5.78 Å². The van der Waals surface area contributed by atoms with Crippen LogP contribution >= 0.6 is 0 Å². The Morgan fingerprint density at radius 1 is 1.03 bits per heavy atom. The highest BCUT2D eigenvalue weighted by Crippen LogP contribution is 2.57. The van der Waals surface area contributed by atoms with Crippen molar-refractivity contribution in [3.05, 3.63) is 54.7 Å². The molecule has 0 bridgehead atoms. The standard InChI is InChI=1S/C49H64N4O9S/c1-29(2)61-44-18-13-32(27-50-44)41-21-33-20-36(60-8)14-17-39(33)45(51-41)62-37-23-42-43(55)26-49(47(57)52-63(58,59)38-15-16-38)24-34(49)12-10-9-11-30(3)19-31(4)40(46(56)53(42)28-37)22-35(54)25-48(5,6)7/h10,12-14,17-18,20-21,27,29-31,34,37-38,40,42H,9,11,15-16,19,22-26,28H2,1-8H3,(H,52,57)/b12-10-/t30-,31+,34+,37+,40-,42-,49+/m0/s1. The van der Waals surface area contributed by atoms with Gasteiger partial charge in [0.2, 0.25) is 33.6 Å². The van der Waals surface area contributed by atoms with Crippen LogP contribution in [0.25, 0.3) is 22.0 Å². The molecule has 3 fully saturated rings. The van der Waals surface area contributed by atoms with Gasteiger partial charge in [0.05, 0.1) is 42.2 Å². The van der Waals surface area contributed by atoms with Crippen molar-refractivity contribution in [3.8, 4) is 28.8 Å². The molecular weight excluding hydrogens is 821 g/mol. The molecule has 7 atom stereocenters. The molecule has 0 spiro atoms. The number of carbonyl (C=O) groups excluding carboxylic acids is 4. The maximum Gasteiger partial charge on any atom is 0.240 e. The first kappa shape index (κ1) is 46.2. The van der Waals surface area contributed by atoms with E-state index in [1.165, 1.54) is 0 Å². The predicted molar refractivity (Wildman–Crippen MR) is 241 cm³/mol. The van der Waals surface area contributed by atoms with Gasteiger partial charge in [-0.3, -0.25) is 23.9 Å². The zero-order valence-corrected chi connectivity index (χ0v) is 38.8. The third kappa shape index (κ3) is 10.9. The maximum absolute atomic E-state index is 15.2. The maximum atomic E-state index is 15.2. The summed E-state index contributed by atoms with van der Waals surface area (Å²) in [5.74, 6) is -0.836. The molecule has 1 N–H and O–H groups in total. The van der Waals surface area contributed by atoms with E-state index in [1.54, 1.807) is 24.3 Å². The minimum Gasteiger partial charge on any atom is -0.497 e. The van der Waals surface area contributed by atoms with Crippen molar-refractivity contribution in [2.45, 2.75) is 136 Å². The largest absolute Gasteiger partial charge is 0.497 e. The van der Waals surface area contributed by atoms with Gasteiger partial charge in [-0.15, -0.1) is 0 Å². The summed E-state index contributed by atoms with van der Waals surface area (Å²) in [6, 6.07) is 10.2. The van der Waals surface area contributed by atoms with E-state index in [0.717, 1.165) is 23.8 Å². The van der Waals surface area contributed by atoms with Crippen LogP contribution in [0, 0.1) is 34.5 Å². The Labute approximate surface area is 372 Å². The number of sulfonamides is 1. The van der Waals surface area contributed by atoms with E-state index in [2.05, 4.69) is 16.6 Å². The van der Waals surface area contributed by atoms with E-state index in [1.807, 2.05) is 84.0 Å². The summed E-state index contributed by atoms with van der Waals surface area (Å²) in [4.78, 5) is 68.8. The molecule has 3 aromatic rings. The summed E-state index contributed by atoms with van der Waals surface area (Å²) in [7, 11) is -2.28. The molecule has 0 radical (unpaired) electrons. The number of ketones is 2. The van der Waals surface area contributed by atoms with Crippen molar-refractivity contribution >= 4 is 44.2 Å². The van der Waals surface area contributed by atoms with E-state index >= 15 is 4.79 Å². The predicted octanol–water partition coefficient (Wildman–Crippen LogP) is 8.04. The fourth-order valence-corrected chi connectivity index (χ4v) is 10.8. The molecule has 2 saturated carbocycles.